The highest BCUT2D eigenvalue weighted by Crippen LogP contribution is 2.46. The first-order valence-electron chi connectivity index (χ1n) is 10.2. The van der Waals surface area contributed by atoms with Crippen LogP contribution in [0.2, 0.25) is 0 Å². The Labute approximate surface area is 160 Å². The number of primary amides is 1. The SMILES string of the molecule is NC(=O)C1(NC(=O)NC2CC3(CCCCC3)Oc3ccccc32)CCCC1. The van der Waals surface area contributed by atoms with E-state index in [0.717, 1.165) is 56.3 Å². The lowest BCUT2D eigenvalue weighted by atomic mass is 9.77. The number of ether oxygens (including phenoxy) is 1. The summed E-state index contributed by atoms with van der Waals surface area (Å²) in [7, 11) is 0. The fourth-order valence-electron chi connectivity index (χ4n) is 5.07. The van der Waals surface area contributed by atoms with Crippen LogP contribution in [0.25, 0.3) is 0 Å². The Kier molecular flexibility index (Phi) is 4.74. The average molecular weight is 371 g/mol. The summed E-state index contributed by atoms with van der Waals surface area (Å²) < 4.78 is 6.42. The molecule has 0 saturated heterocycles. The third kappa shape index (κ3) is 3.49. The molecule has 1 unspecified atom stereocenters. The average Bonchev–Trinajstić information content (AvgIpc) is 3.12. The van der Waals surface area contributed by atoms with Gasteiger partial charge >= 0.3 is 6.03 Å². The van der Waals surface area contributed by atoms with Gasteiger partial charge in [-0.3, -0.25) is 4.79 Å². The van der Waals surface area contributed by atoms with Crippen LogP contribution in [-0.4, -0.2) is 23.1 Å². The van der Waals surface area contributed by atoms with Crippen LogP contribution in [0.4, 0.5) is 4.79 Å². The third-order valence-electron chi connectivity index (χ3n) is 6.55. The predicted octanol–water partition coefficient (Wildman–Crippen LogP) is 3.31. The number of amides is 3. The molecule has 4 rings (SSSR count). The van der Waals surface area contributed by atoms with Crippen molar-refractivity contribution in [2.45, 2.75) is 81.4 Å². The number of hydrogen-bond acceptors (Lipinski definition) is 3. The lowest BCUT2D eigenvalue weighted by molar-refractivity contribution is -0.123. The Bertz CT molecular complexity index is 721. The van der Waals surface area contributed by atoms with Gasteiger partial charge < -0.3 is 21.1 Å². The van der Waals surface area contributed by atoms with Crippen molar-refractivity contribution in [1.82, 2.24) is 10.6 Å². The van der Waals surface area contributed by atoms with E-state index in [4.69, 9.17) is 10.5 Å². The van der Waals surface area contributed by atoms with E-state index in [0.29, 0.717) is 12.8 Å². The molecule has 0 radical (unpaired) electrons. The predicted molar refractivity (Wildman–Crippen MR) is 102 cm³/mol. The molecule has 2 fully saturated rings. The maximum Gasteiger partial charge on any atom is 0.316 e. The number of hydrogen-bond donors (Lipinski definition) is 3. The number of rotatable bonds is 3. The summed E-state index contributed by atoms with van der Waals surface area (Å²) in [6, 6.07) is 7.49. The number of para-hydroxylation sites is 1. The van der Waals surface area contributed by atoms with Crippen molar-refractivity contribution >= 4 is 11.9 Å². The van der Waals surface area contributed by atoms with Crippen LogP contribution in [0.1, 0.15) is 75.8 Å². The van der Waals surface area contributed by atoms with E-state index in [-0.39, 0.29) is 17.7 Å². The Morgan fingerprint density at radius 2 is 1.67 bits per heavy atom. The van der Waals surface area contributed by atoms with Gasteiger partial charge in [0.15, 0.2) is 0 Å². The van der Waals surface area contributed by atoms with E-state index < -0.39 is 11.4 Å². The van der Waals surface area contributed by atoms with E-state index in [1.807, 2.05) is 24.3 Å². The summed E-state index contributed by atoms with van der Waals surface area (Å²) >= 11 is 0. The fraction of sp³-hybridized carbons (Fsp3) is 0.619. The third-order valence-corrected chi connectivity index (χ3v) is 6.55. The molecule has 6 heteroatoms. The normalized spacial score (nSPS) is 25.3. The molecule has 2 saturated carbocycles. The highest BCUT2D eigenvalue weighted by atomic mass is 16.5. The van der Waals surface area contributed by atoms with Gasteiger partial charge in [0.05, 0.1) is 6.04 Å². The highest BCUT2D eigenvalue weighted by molar-refractivity contribution is 5.90. The molecule has 4 N–H and O–H groups in total. The summed E-state index contributed by atoms with van der Waals surface area (Å²) in [6.45, 7) is 0. The van der Waals surface area contributed by atoms with Gasteiger partial charge in [0.25, 0.3) is 0 Å². The molecule has 1 atom stereocenters. The largest absolute Gasteiger partial charge is 0.487 e. The molecule has 2 aliphatic carbocycles. The zero-order valence-corrected chi connectivity index (χ0v) is 15.8. The van der Waals surface area contributed by atoms with Crippen LogP contribution in [0.5, 0.6) is 5.75 Å². The van der Waals surface area contributed by atoms with Crippen molar-refractivity contribution in [3.63, 3.8) is 0 Å². The number of urea groups is 1. The van der Waals surface area contributed by atoms with Gasteiger partial charge in [-0.05, 0) is 44.6 Å². The van der Waals surface area contributed by atoms with Crippen molar-refractivity contribution in [2.24, 2.45) is 5.73 Å². The molecule has 0 aromatic heterocycles. The lowest BCUT2D eigenvalue weighted by Gasteiger charge is -2.44. The van der Waals surface area contributed by atoms with E-state index in [9.17, 15) is 9.59 Å². The molecule has 3 aliphatic rings. The maximum absolute atomic E-state index is 12.8. The van der Waals surface area contributed by atoms with Crippen LogP contribution < -0.4 is 21.1 Å². The van der Waals surface area contributed by atoms with Crippen LogP contribution in [0.15, 0.2) is 24.3 Å². The molecule has 146 valence electrons. The molecule has 1 heterocycles. The van der Waals surface area contributed by atoms with Crippen LogP contribution in [0.3, 0.4) is 0 Å². The quantitative estimate of drug-likeness (QED) is 0.761. The summed E-state index contributed by atoms with van der Waals surface area (Å²) in [5.41, 5.74) is 5.50. The van der Waals surface area contributed by atoms with Gasteiger partial charge in [-0.2, -0.15) is 0 Å². The van der Waals surface area contributed by atoms with Crippen molar-refractivity contribution in [2.75, 3.05) is 0 Å². The first-order valence-corrected chi connectivity index (χ1v) is 10.2. The molecule has 3 amide bonds. The first kappa shape index (κ1) is 18.1. The van der Waals surface area contributed by atoms with Crippen molar-refractivity contribution < 1.29 is 14.3 Å². The second-order valence-corrected chi connectivity index (χ2v) is 8.39. The molecule has 1 spiro atoms. The molecule has 0 bridgehead atoms. The summed E-state index contributed by atoms with van der Waals surface area (Å²) in [4.78, 5) is 24.7. The minimum atomic E-state index is -0.905. The number of carbonyl (C=O) groups excluding carboxylic acids is 2. The number of nitrogens with two attached hydrogens (primary N) is 1. The van der Waals surface area contributed by atoms with Crippen LogP contribution in [0, 0.1) is 0 Å². The molecular weight excluding hydrogens is 342 g/mol. The van der Waals surface area contributed by atoms with E-state index in [1.165, 1.54) is 6.42 Å². The van der Waals surface area contributed by atoms with Crippen LogP contribution >= 0.6 is 0 Å². The molecule has 27 heavy (non-hydrogen) atoms. The van der Waals surface area contributed by atoms with Crippen molar-refractivity contribution in [3.05, 3.63) is 29.8 Å². The minimum Gasteiger partial charge on any atom is -0.487 e. The summed E-state index contributed by atoms with van der Waals surface area (Å²) in [5.74, 6) is 0.424. The van der Waals surface area contributed by atoms with Gasteiger partial charge in [0.2, 0.25) is 5.91 Å². The molecular formula is C21H29N3O3. The monoisotopic (exact) mass is 371 g/mol. The standard InChI is InChI=1S/C21H29N3O3/c22-18(25)21(12-6-7-13-21)24-19(26)23-16-14-20(10-4-1-5-11-20)27-17-9-3-2-8-15(16)17/h2-3,8-9,16H,1,4-7,10-14H2,(H2,22,25)(H2,23,24,26). The van der Waals surface area contributed by atoms with Crippen LogP contribution in [-0.2, 0) is 4.79 Å². The molecule has 1 aliphatic heterocycles. The summed E-state index contributed by atoms with van der Waals surface area (Å²) in [5, 5.41) is 6.01. The maximum atomic E-state index is 12.8. The second-order valence-electron chi connectivity index (χ2n) is 8.39. The smallest absolute Gasteiger partial charge is 0.316 e. The highest BCUT2D eigenvalue weighted by Gasteiger charge is 2.44. The molecule has 1 aromatic carbocycles. The molecule has 6 nitrogen and oxygen atoms in total. The molecule has 1 aromatic rings. The fourth-order valence-corrected chi connectivity index (χ4v) is 5.07. The Morgan fingerprint density at radius 1 is 1.00 bits per heavy atom. The zero-order valence-electron chi connectivity index (χ0n) is 15.8. The van der Waals surface area contributed by atoms with Gasteiger partial charge in [-0.1, -0.05) is 37.5 Å². The Morgan fingerprint density at radius 3 is 2.37 bits per heavy atom. The van der Waals surface area contributed by atoms with E-state index in [2.05, 4.69) is 10.6 Å². The van der Waals surface area contributed by atoms with Gasteiger partial charge in [-0.15, -0.1) is 0 Å². The van der Waals surface area contributed by atoms with Crippen molar-refractivity contribution in [3.8, 4) is 5.75 Å². The number of benzene rings is 1. The number of fused-ring (bicyclic) bond motifs is 1. The van der Waals surface area contributed by atoms with Crippen molar-refractivity contribution in [1.29, 1.82) is 0 Å². The van der Waals surface area contributed by atoms with Gasteiger partial charge in [-0.25, -0.2) is 4.79 Å². The summed E-state index contributed by atoms with van der Waals surface area (Å²) in [6.07, 6.45) is 9.41. The Balaban J connectivity index is 1.53. The Hall–Kier alpha value is -2.24. The van der Waals surface area contributed by atoms with Gasteiger partial charge in [0, 0.05) is 12.0 Å². The lowest BCUT2D eigenvalue weighted by Crippen LogP contribution is -2.59. The van der Waals surface area contributed by atoms with E-state index >= 15 is 0 Å². The second kappa shape index (κ2) is 7.06. The zero-order chi connectivity index (χ0) is 18.9. The first-order chi connectivity index (χ1) is 13.0. The number of nitrogens with one attached hydrogen (secondary N) is 2. The topological polar surface area (TPSA) is 93.5 Å². The minimum absolute atomic E-state index is 0.126. The van der Waals surface area contributed by atoms with Gasteiger partial charge in [0.1, 0.15) is 16.9 Å². The number of carbonyl (C=O) groups is 2. The van der Waals surface area contributed by atoms with E-state index in [1.54, 1.807) is 0 Å².